The molecule has 0 heterocycles. The Hall–Kier alpha value is -1.25. The van der Waals surface area contributed by atoms with Gasteiger partial charge in [0.05, 0.1) is 13.2 Å². The number of ether oxygens (including phenoxy) is 2. The van der Waals surface area contributed by atoms with E-state index in [9.17, 15) is 19.0 Å². The number of esters is 2. The first-order valence-electron chi connectivity index (χ1n) is 25.6. The molecule has 60 heavy (non-hydrogen) atoms. The molecule has 0 aliphatic rings. The molecule has 356 valence electrons. The monoisotopic (exact) mass is 872 g/mol. The summed E-state index contributed by atoms with van der Waals surface area (Å²) in [4.78, 5) is 35.2. The maximum absolute atomic E-state index is 12.7. The van der Waals surface area contributed by atoms with Gasteiger partial charge in [0, 0.05) is 19.4 Å². The highest BCUT2D eigenvalue weighted by Gasteiger charge is 2.26. The molecule has 0 aromatic heterocycles. The molecule has 0 radical (unpaired) electrons. The molecular weight excluding hydrogens is 774 g/mol. The maximum Gasteiger partial charge on any atom is 0.472 e. The van der Waals surface area contributed by atoms with E-state index < -0.39 is 26.5 Å². The molecule has 0 fully saturated rings. The number of carbonyl (C=O) groups excluding carboxylic acids is 2. The van der Waals surface area contributed by atoms with Crippen molar-refractivity contribution in [3.63, 3.8) is 0 Å². The first-order valence-corrected chi connectivity index (χ1v) is 27.1. The average molecular weight is 872 g/mol. The number of likely N-dealkylation sites (N-methyl/N-ethyl adjacent to an activating group) is 1. The molecule has 0 amide bonds. The zero-order chi connectivity index (χ0) is 43.9. The molecule has 0 rings (SSSR count). The highest BCUT2D eigenvalue weighted by atomic mass is 31.2. The molecule has 0 aromatic rings. The van der Waals surface area contributed by atoms with Crippen molar-refractivity contribution in [3.8, 4) is 0 Å². The molecule has 0 aliphatic carbocycles. The number of unbranched alkanes of at least 4 members (excludes halogenated alkanes) is 33. The second kappa shape index (κ2) is 47.2. The van der Waals surface area contributed by atoms with Crippen LogP contribution < -0.4 is 5.32 Å². The van der Waals surface area contributed by atoms with Gasteiger partial charge in [-0.15, -0.1) is 0 Å². The Morgan fingerprint density at radius 3 is 1.23 bits per heavy atom. The Morgan fingerprint density at radius 1 is 0.500 bits per heavy atom. The van der Waals surface area contributed by atoms with E-state index in [1.54, 1.807) is 7.05 Å². The molecule has 2 unspecified atom stereocenters. The Morgan fingerprint density at radius 2 is 0.850 bits per heavy atom. The Kier molecular flexibility index (Phi) is 46.3. The van der Waals surface area contributed by atoms with E-state index in [2.05, 4.69) is 31.3 Å². The summed E-state index contributed by atoms with van der Waals surface area (Å²) in [5.41, 5.74) is 0. The van der Waals surface area contributed by atoms with E-state index in [4.69, 9.17) is 18.5 Å². The van der Waals surface area contributed by atoms with Crippen molar-refractivity contribution in [2.45, 2.75) is 264 Å². The summed E-state index contributed by atoms with van der Waals surface area (Å²) in [5, 5.41) is 2.83. The van der Waals surface area contributed by atoms with Crippen LogP contribution in [0.25, 0.3) is 0 Å². The molecule has 2 N–H and O–H groups in total. The standard InChI is InChI=1S/C50H98NO8P/c1-4-6-8-10-12-14-16-18-20-22-23-24-25-27-29-31-33-35-37-39-41-43-50(53)59-48(47-58-60(54,55)57-45-44-51-3)46-56-49(52)42-40-38-36-34-32-30-28-26-21-19-17-15-13-11-9-7-5-2/h18,20,48,51H,4-17,19,21-47H2,1-3H3,(H,54,55)/b20-18-. The van der Waals surface area contributed by atoms with Crippen LogP contribution in [-0.2, 0) is 32.7 Å². The third-order valence-corrected chi connectivity index (χ3v) is 12.4. The van der Waals surface area contributed by atoms with Crippen LogP contribution in [0.5, 0.6) is 0 Å². The molecule has 0 saturated carbocycles. The fraction of sp³-hybridized carbons (Fsp3) is 0.920. The molecular formula is C50H98NO8P. The van der Waals surface area contributed by atoms with E-state index in [-0.39, 0.29) is 25.6 Å². The molecule has 2 atom stereocenters. The van der Waals surface area contributed by atoms with Gasteiger partial charge in [-0.05, 0) is 45.6 Å². The lowest BCUT2D eigenvalue weighted by Crippen LogP contribution is -2.29. The Bertz CT molecular complexity index is 995. The predicted octanol–water partition coefficient (Wildman–Crippen LogP) is 15.2. The van der Waals surface area contributed by atoms with Gasteiger partial charge >= 0.3 is 19.8 Å². The molecule has 0 bridgehead atoms. The van der Waals surface area contributed by atoms with E-state index in [0.717, 1.165) is 32.1 Å². The zero-order valence-corrected chi connectivity index (χ0v) is 40.6. The van der Waals surface area contributed by atoms with Gasteiger partial charge in [0.2, 0.25) is 0 Å². The highest BCUT2D eigenvalue weighted by molar-refractivity contribution is 7.47. The van der Waals surface area contributed by atoms with Crippen molar-refractivity contribution in [2.24, 2.45) is 0 Å². The third-order valence-electron chi connectivity index (χ3n) is 11.4. The SMILES string of the molecule is CCCCCCCC/C=C\CCCCCCCCCCCCCC(=O)OC(COC(=O)CCCCCCCCCCCCCCCCCCC)COP(=O)(O)OCCNC. The minimum atomic E-state index is -4.35. The number of allylic oxidation sites excluding steroid dienone is 2. The van der Waals surface area contributed by atoms with Crippen LogP contribution in [0.3, 0.4) is 0 Å². The van der Waals surface area contributed by atoms with Crippen molar-refractivity contribution in [2.75, 3.05) is 33.4 Å². The first kappa shape index (κ1) is 58.8. The van der Waals surface area contributed by atoms with Crippen molar-refractivity contribution in [1.29, 1.82) is 0 Å². The number of rotatable bonds is 49. The molecule has 9 nitrogen and oxygen atoms in total. The van der Waals surface area contributed by atoms with Gasteiger partial charge in [0.25, 0.3) is 0 Å². The van der Waals surface area contributed by atoms with Gasteiger partial charge in [-0.25, -0.2) is 4.57 Å². The number of carbonyl (C=O) groups is 2. The van der Waals surface area contributed by atoms with Crippen molar-refractivity contribution < 1.29 is 37.6 Å². The summed E-state index contributed by atoms with van der Waals surface area (Å²) in [7, 11) is -2.64. The van der Waals surface area contributed by atoms with Crippen molar-refractivity contribution >= 4 is 19.8 Å². The fourth-order valence-corrected chi connectivity index (χ4v) is 8.24. The molecule has 10 heteroatoms. The van der Waals surface area contributed by atoms with Crippen LogP contribution in [0.2, 0.25) is 0 Å². The zero-order valence-electron chi connectivity index (χ0n) is 39.7. The summed E-state index contributed by atoms with van der Waals surface area (Å²) in [6.45, 7) is 4.28. The number of hydrogen-bond acceptors (Lipinski definition) is 8. The molecule has 0 saturated heterocycles. The van der Waals surface area contributed by atoms with E-state index in [0.29, 0.717) is 19.4 Å². The summed E-state index contributed by atoms with van der Waals surface area (Å²) in [6, 6.07) is 0. The Labute approximate surface area is 371 Å². The summed E-state index contributed by atoms with van der Waals surface area (Å²) in [6.07, 6.45) is 49.7. The Balaban J connectivity index is 4.07. The van der Waals surface area contributed by atoms with E-state index in [1.807, 2.05) is 0 Å². The van der Waals surface area contributed by atoms with Gasteiger partial charge in [-0.1, -0.05) is 219 Å². The van der Waals surface area contributed by atoms with E-state index in [1.165, 1.54) is 193 Å². The predicted molar refractivity (Wildman–Crippen MR) is 252 cm³/mol. The van der Waals surface area contributed by atoms with Gasteiger partial charge in [-0.2, -0.15) is 0 Å². The summed E-state index contributed by atoms with van der Waals surface area (Å²) >= 11 is 0. The third kappa shape index (κ3) is 46.3. The first-order chi connectivity index (χ1) is 29.3. The minimum Gasteiger partial charge on any atom is -0.462 e. The van der Waals surface area contributed by atoms with Gasteiger partial charge in [0.15, 0.2) is 6.10 Å². The van der Waals surface area contributed by atoms with Crippen molar-refractivity contribution in [3.05, 3.63) is 12.2 Å². The second-order valence-corrected chi connectivity index (χ2v) is 18.8. The van der Waals surface area contributed by atoms with Crippen LogP contribution >= 0.6 is 7.82 Å². The maximum atomic E-state index is 12.7. The lowest BCUT2D eigenvalue weighted by Gasteiger charge is -2.20. The molecule has 0 aromatic carbocycles. The van der Waals surface area contributed by atoms with Crippen LogP contribution in [-0.4, -0.2) is 56.3 Å². The molecule has 0 spiro atoms. The lowest BCUT2D eigenvalue weighted by atomic mass is 10.0. The number of phosphoric ester groups is 1. The molecule has 0 aliphatic heterocycles. The summed E-state index contributed by atoms with van der Waals surface area (Å²) < 4.78 is 33.3. The lowest BCUT2D eigenvalue weighted by molar-refractivity contribution is -0.161. The number of nitrogens with one attached hydrogen (secondary N) is 1. The largest absolute Gasteiger partial charge is 0.472 e. The average Bonchev–Trinajstić information content (AvgIpc) is 3.23. The number of hydrogen-bond donors (Lipinski definition) is 2. The number of phosphoric acid groups is 1. The topological polar surface area (TPSA) is 120 Å². The van der Waals surface area contributed by atoms with E-state index >= 15 is 0 Å². The van der Waals surface area contributed by atoms with Crippen LogP contribution in [0, 0.1) is 0 Å². The smallest absolute Gasteiger partial charge is 0.462 e. The second-order valence-electron chi connectivity index (χ2n) is 17.4. The van der Waals surface area contributed by atoms with Crippen LogP contribution in [0.1, 0.15) is 258 Å². The quantitative estimate of drug-likeness (QED) is 0.0266. The fourth-order valence-electron chi connectivity index (χ4n) is 7.49. The van der Waals surface area contributed by atoms with Crippen LogP contribution in [0.15, 0.2) is 12.2 Å². The normalized spacial score (nSPS) is 13.2. The van der Waals surface area contributed by atoms with Gasteiger partial charge in [0.1, 0.15) is 6.61 Å². The van der Waals surface area contributed by atoms with Gasteiger partial charge < -0.3 is 19.7 Å². The highest BCUT2D eigenvalue weighted by Crippen LogP contribution is 2.43. The van der Waals surface area contributed by atoms with Crippen LogP contribution in [0.4, 0.5) is 0 Å². The van der Waals surface area contributed by atoms with Gasteiger partial charge in [-0.3, -0.25) is 18.6 Å². The van der Waals surface area contributed by atoms with Crippen molar-refractivity contribution in [1.82, 2.24) is 5.32 Å². The minimum absolute atomic E-state index is 0.0133. The summed E-state index contributed by atoms with van der Waals surface area (Å²) in [5.74, 6) is -0.791.